The third-order valence-corrected chi connectivity index (χ3v) is 5.15. The van der Waals surface area contributed by atoms with E-state index in [9.17, 15) is 14.7 Å². The van der Waals surface area contributed by atoms with Gasteiger partial charge in [-0.3, -0.25) is 4.79 Å². The third kappa shape index (κ3) is 3.25. The van der Waals surface area contributed by atoms with Crippen molar-refractivity contribution in [2.45, 2.75) is 25.8 Å². The summed E-state index contributed by atoms with van der Waals surface area (Å²) in [6.07, 6.45) is 1.33. The van der Waals surface area contributed by atoms with Crippen LogP contribution in [0.4, 0.5) is 0 Å². The van der Waals surface area contributed by atoms with Crippen molar-refractivity contribution < 1.29 is 14.7 Å². The number of amides is 1. The predicted molar refractivity (Wildman–Crippen MR) is 85.0 cm³/mol. The summed E-state index contributed by atoms with van der Waals surface area (Å²) in [4.78, 5) is 25.3. The van der Waals surface area contributed by atoms with Crippen LogP contribution in [0.25, 0.3) is 0 Å². The molecular weight excluding hydrogens is 393 g/mol. The average Bonchev–Trinajstić information content (AvgIpc) is 2.41. The molecule has 0 bridgehead atoms. The van der Waals surface area contributed by atoms with Crippen LogP contribution in [0.15, 0.2) is 18.2 Å². The second-order valence-corrected chi connectivity index (χ2v) is 6.68. The zero-order chi connectivity index (χ0) is 14.9. The van der Waals surface area contributed by atoms with E-state index in [4.69, 9.17) is 11.6 Å². The van der Waals surface area contributed by atoms with E-state index in [-0.39, 0.29) is 5.91 Å². The van der Waals surface area contributed by atoms with Crippen molar-refractivity contribution in [1.82, 2.24) is 4.90 Å². The Labute approximate surface area is 136 Å². The number of carboxylic acids is 1. The maximum Gasteiger partial charge on any atom is 0.326 e. The Morgan fingerprint density at radius 2 is 2.15 bits per heavy atom. The number of piperidine rings is 1. The van der Waals surface area contributed by atoms with E-state index in [1.54, 1.807) is 18.2 Å². The number of hydrogen-bond donors (Lipinski definition) is 1. The first-order valence-corrected chi connectivity index (χ1v) is 7.84. The molecule has 2 atom stereocenters. The first kappa shape index (κ1) is 15.6. The molecule has 0 spiro atoms. The minimum Gasteiger partial charge on any atom is -0.480 e. The Balaban J connectivity index is 2.26. The molecule has 2 unspecified atom stereocenters. The van der Waals surface area contributed by atoms with Gasteiger partial charge in [0.25, 0.3) is 5.91 Å². The summed E-state index contributed by atoms with van der Waals surface area (Å²) >= 11 is 8.11. The van der Waals surface area contributed by atoms with Gasteiger partial charge in [-0.2, -0.15) is 0 Å². The summed E-state index contributed by atoms with van der Waals surface area (Å²) < 4.78 is 0.864. The lowest BCUT2D eigenvalue weighted by Gasteiger charge is -2.36. The van der Waals surface area contributed by atoms with Crippen LogP contribution >= 0.6 is 34.2 Å². The minimum absolute atomic E-state index is 0.261. The SMILES string of the molecule is CC1CCN(C(=O)c2ccc(I)c(Cl)c2)C(C(=O)O)C1. The Morgan fingerprint density at radius 3 is 2.75 bits per heavy atom. The van der Waals surface area contributed by atoms with E-state index in [2.05, 4.69) is 22.6 Å². The van der Waals surface area contributed by atoms with Crippen molar-refractivity contribution in [1.29, 1.82) is 0 Å². The van der Waals surface area contributed by atoms with E-state index in [1.807, 2.05) is 6.92 Å². The molecule has 1 aliphatic heterocycles. The molecule has 1 heterocycles. The number of nitrogens with zero attached hydrogens (tertiary/aromatic N) is 1. The number of rotatable bonds is 2. The molecule has 0 aromatic heterocycles. The number of aliphatic carboxylic acids is 1. The number of carbonyl (C=O) groups is 2. The van der Waals surface area contributed by atoms with Crippen LogP contribution in [-0.4, -0.2) is 34.5 Å². The van der Waals surface area contributed by atoms with Gasteiger partial charge in [-0.15, -0.1) is 0 Å². The Hall–Kier alpha value is -0.820. The van der Waals surface area contributed by atoms with Crippen molar-refractivity contribution in [2.24, 2.45) is 5.92 Å². The van der Waals surface area contributed by atoms with E-state index in [0.29, 0.717) is 29.5 Å². The van der Waals surface area contributed by atoms with Crippen molar-refractivity contribution >= 4 is 46.1 Å². The van der Waals surface area contributed by atoms with Gasteiger partial charge in [0.05, 0.1) is 5.02 Å². The summed E-state index contributed by atoms with van der Waals surface area (Å²) in [6, 6.07) is 4.30. The molecule has 20 heavy (non-hydrogen) atoms. The molecule has 0 aliphatic carbocycles. The first-order valence-electron chi connectivity index (χ1n) is 6.39. The molecule has 0 radical (unpaired) electrons. The van der Waals surface area contributed by atoms with Crippen LogP contribution in [0.5, 0.6) is 0 Å². The standard InChI is InChI=1S/C14H15ClINO3/c1-8-4-5-17(12(6-8)14(19)20)13(18)9-2-3-11(16)10(15)7-9/h2-3,7-8,12H,4-6H2,1H3,(H,19,20). The van der Waals surface area contributed by atoms with Gasteiger partial charge >= 0.3 is 5.97 Å². The van der Waals surface area contributed by atoms with Crippen LogP contribution in [0.2, 0.25) is 5.02 Å². The topological polar surface area (TPSA) is 57.6 Å². The fourth-order valence-electron chi connectivity index (χ4n) is 2.41. The van der Waals surface area contributed by atoms with Crippen LogP contribution in [0.3, 0.4) is 0 Å². The van der Waals surface area contributed by atoms with Crippen LogP contribution < -0.4 is 0 Å². The number of carbonyl (C=O) groups excluding carboxylic acids is 1. The molecule has 1 N–H and O–H groups in total. The summed E-state index contributed by atoms with van der Waals surface area (Å²) in [5.41, 5.74) is 0.441. The summed E-state index contributed by atoms with van der Waals surface area (Å²) in [5.74, 6) is -0.885. The van der Waals surface area contributed by atoms with Crippen molar-refractivity contribution in [3.05, 3.63) is 32.4 Å². The van der Waals surface area contributed by atoms with Gasteiger partial charge in [0.1, 0.15) is 6.04 Å². The van der Waals surface area contributed by atoms with Crippen LogP contribution in [-0.2, 0) is 4.79 Å². The van der Waals surface area contributed by atoms with E-state index < -0.39 is 12.0 Å². The quantitative estimate of drug-likeness (QED) is 0.766. The highest BCUT2D eigenvalue weighted by atomic mass is 127. The largest absolute Gasteiger partial charge is 0.480 e. The number of halogens is 2. The summed E-state index contributed by atoms with van der Waals surface area (Å²) in [5, 5.41) is 9.81. The third-order valence-electron chi connectivity index (χ3n) is 3.58. The molecule has 1 fully saturated rings. The molecule has 1 amide bonds. The van der Waals surface area contributed by atoms with Gasteiger partial charge in [0.2, 0.25) is 0 Å². The van der Waals surface area contributed by atoms with Gasteiger partial charge in [0.15, 0.2) is 0 Å². The van der Waals surface area contributed by atoms with Gasteiger partial charge < -0.3 is 10.0 Å². The van der Waals surface area contributed by atoms with E-state index in [1.165, 1.54) is 4.90 Å². The van der Waals surface area contributed by atoms with Crippen LogP contribution in [0, 0.1) is 9.49 Å². The molecule has 1 aromatic carbocycles. The van der Waals surface area contributed by atoms with Crippen LogP contribution in [0.1, 0.15) is 30.1 Å². The lowest BCUT2D eigenvalue weighted by molar-refractivity contribution is -0.144. The maximum absolute atomic E-state index is 12.5. The second kappa shape index (κ2) is 6.30. The van der Waals surface area contributed by atoms with Gasteiger partial charge in [-0.25, -0.2) is 4.79 Å². The van der Waals surface area contributed by atoms with Crippen molar-refractivity contribution in [3.63, 3.8) is 0 Å². The smallest absolute Gasteiger partial charge is 0.326 e. The second-order valence-electron chi connectivity index (χ2n) is 5.11. The summed E-state index contributed by atoms with van der Waals surface area (Å²) in [6.45, 7) is 2.49. The van der Waals surface area contributed by atoms with Gasteiger partial charge in [0, 0.05) is 15.7 Å². The fourth-order valence-corrected chi connectivity index (χ4v) is 2.93. The van der Waals surface area contributed by atoms with E-state index >= 15 is 0 Å². The molecule has 6 heteroatoms. The molecule has 108 valence electrons. The highest BCUT2D eigenvalue weighted by Crippen LogP contribution is 2.26. The van der Waals surface area contributed by atoms with E-state index in [0.717, 1.165) is 9.99 Å². The maximum atomic E-state index is 12.5. The lowest BCUT2D eigenvalue weighted by atomic mass is 9.92. The molecule has 0 saturated carbocycles. The molecule has 1 saturated heterocycles. The highest BCUT2D eigenvalue weighted by molar-refractivity contribution is 14.1. The van der Waals surface area contributed by atoms with Crippen molar-refractivity contribution in [3.8, 4) is 0 Å². The number of benzene rings is 1. The molecular formula is C14H15ClINO3. The zero-order valence-corrected chi connectivity index (χ0v) is 13.9. The number of carboxylic acid groups (broad SMARTS) is 1. The molecule has 2 rings (SSSR count). The minimum atomic E-state index is -0.943. The normalized spacial score (nSPS) is 22.6. The number of likely N-dealkylation sites (tertiary alicyclic amines) is 1. The Morgan fingerprint density at radius 1 is 1.45 bits per heavy atom. The van der Waals surface area contributed by atoms with Crippen molar-refractivity contribution in [2.75, 3.05) is 6.54 Å². The predicted octanol–water partition coefficient (Wildman–Crippen LogP) is 3.27. The Bertz CT molecular complexity index is 549. The summed E-state index contributed by atoms with van der Waals surface area (Å²) in [7, 11) is 0. The molecule has 4 nitrogen and oxygen atoms in total. The monoisotopic (exact) mass is 407 g/mol. The highest BCUT2D eigenvalue weighted by Gasteiger charge is 2.35. The fraction of sp³-hybridized carbons (Fsp3) is 0.429. The average molecular weight is 408 g/mol. The van der Waals surface area contributed by atoms with Gasteiger partial charge in [-0.05, 0) is 59.5 Å². The Kier molecular flexibility index (Phi) is 4.90. The molecule has 1 aliphatic rings. The zero-order valence-electron chi connectivity index (χ0n) is 11.0. The number of hydrogen-bond acceptors (Lipinski definition) is 2. The lowest BCUT2D eigenvalue weighted by Crippen LogP contribution is -2.49. The molecule has 1 aromatic rings. The van der Waals surface area contributed by atoms with Gasteiger partial charge in [-0.1, -0.05) is 18.5 Å². The first-order chi connectivity index (χ1) is 9.40.